The lowest BCUT2D eigenvalue weighted by molar-refractivity contribution is -0.137. The Kier molecular flexibility index (Phi) is 4.90. The zero-order valence-electron chi connectivity index (χ0n) is 16.9. The van der Waals surface area contributed by atoms with Crippen LogP contribution in [0.3, 0.4) is 0 Å². The Morgan fingerprint density at radius 1 is 0.969 bits per heavy atom. The van der Waals surface area contributed by atoms with Crippen LogP contribution in [0, 0.1) is 5.41 Å². The molecule has 5 rings (SSSR count). The van der Waals surface area contributed by atoms with Crippen LogP contribution in [0.2, 0.25) is 0 Å². The first-order valence-electron chi connectivity index (χ1n) is 10.2. The standard InChI is InChI=1S/C20H20F5N7/c21-15(22)9-32-18-14(7-28-32)26-8-17(29-18)31-11-19(12-31)4-1-5-30(10-19)16-3-2-13(6-27-16)20(23,24)25/h2-3,6-8,15H,1,4-5,9-12H2. The van der Waals surface area contributed by atoms with Gasteiger partial charge >= 0.3 is 6.18 Å². The van der Waals surface area contributed by atoms with E-state index in [4.69, 9.17) is 0 Å². The average Bonchev–Trinajstić information content (AvgIpc) is 3.13. The quantitative estimate of drug-likeness (QED) is 0.563. The molecule has 0 aliphatic carbocycles. The summed E-state index contributed by atoms with van der Waals surface area (Å²) >= 11 is 0. The minimum atomic E-state index is -4.41. The molecule has 2 aliphatic heterocycles. The minimum absolute atomic E-state index is 0.0253. The molecule has 0 bridgehead atoms. The number of piperidine rings is 1. The van der Waals surface area contributed by atoms with Gasteiger partial charge in [-0.2, -0.15) is 18.3 Å². The molecule has 5 heterocycles. The molecule has 170 valence electrons. The highest BCUT2D eigenvalue weighted by atomic mass is 19.4. The lowest BCUT2D eigenvalue weighted by Gasteiger charge is -2.55. The van der Waals surface area contributed by atoms with Crippen molar-refractivity contribution in [1.82, 2.24) is 24.7 Å². The summed E-state index contributed by atoms with van der Waals surface area (Å²) in [7, 11) is 0. The van der Waals surface area contributed by atoms with Crippen molar-refractivity contribution in [2.75, 3.05) is 36.0 Å². The van der Waals surface area contributed by atoms with E-state index in [1.807, 2.05) is 9.80 Å². The molecule has 0 atom stereocenters. The van der Waals surface area contributed by atoms with Crippen molar-refractivity contribution in [3.8, 4) is 0 Å². The van der Waals surface area contributed by atoms with Crippen molar-refractivity contribution < 1.29 is 22.0 Å². The van der Waals surface area contributed by atoms with Crippen molar-refractivity contribution in [2.45, 2.75) is 32.0 Å². The summed E-state index contributed by atoms with van der Waals surface area (Å²) in [4.78, 5) is 16.9. The Bertz CT molecular complexity index is 1110. The van der Waals surface area contributed by atoms with Gasteiger partial charge in [-0.05, 0) is 25.0 Å². The van der Waals surface area contributed by atoms with Crippen LogP contribution in [0.15, 0.2) is 30.7 Å². The topological polar surface area (TPSA) is 63.0 Å². The molecular weight excluding hydrogens is 433 g/mol. The van der Waals surface area contributed by atoms with Crippen LogP contribution in [-0.2, 0) is 12.7 Å². The van der Waals surface area contributed by atoms with E-state index in [1.165, 1.54) is 12.3 Å². The third-order valence-electron chi connectivity index (χ3n) is 6.08. The van der Waals surface area contributed by atoms with Crippen molar-refractivity contribution >= 4 is 22.8 Å². The van der Waals surface area contributed by atoms with Gasteiger partial charge in [0.05, 0.1) is 18.0 Å². The predicted molar refractivity (Wildman–Crippen MR) is 107 cm³/mol. The Hall–Kier alpha value is -3.05. The van der Waals surface area contributed by atoms with Crippen LogP contribution >= 0.6 is 0 Å². The minimum Gasteiger partial charge on any atom is -0.356 e. The molecule has 1 spiro atoms. The molecule has 3 aromatic heterocycles. The fourth-order valence-corrected chi connectivity index (χ4v) is 4.58. The zero-order valence-corrected chi connectivity index (χ0v) is 16.9. The summed E-state index contributed by atoms with van der Waals surface area (Å²) in [5.41, 5.74) is -0.00432. The van der Waals surface area contributed by atoms with Crippen LogP contribution < -0.4 is 9.80 Å². The maximum atomic E-state index is 12.8. The summed E-state index contributed by atoms with van der Waals surface area (Å²) in [5.74, 6) is 1.14. The third-order valence-corrected chi connectivity index (χ3v) is 6.08. The highest BCUT2D eigenvalue weighted by molar-refractivity contribution is 5.71. The second kappa shape index (κ2) is 7.52. The predicted octanol–water partition coefficient (Wildman–Crippen LogP) is 3.61. The second-order valence-corrected chi connectivity index (χ2v) is 8.44. The van der Waals surface area contributed by atoms with E-state index < -0.39 is 24.7 Å². The van der Waals surface area contributed by atoms with E-state index in [0.717, 1.165) is 36.3 Å². The Labute approximate surface area is 179 Å². The second-order valence-electron chi connectivity index (χ2n) is 8.44. The van der Waals surface area contributed by atoms with Gasteiger partial charge in [-0.1, -0.05) is 0 Å². The number of aromatic nitrogens is 5. The SMILES string of the molecule is FC(F)Cn1ncc2ncc(N3CC4(CCCN(c5ccc(C(F)(F)F)cn5)C4)C3)nc21. The fraction of sp³-hybridized carbons (Fsp3) is 0.500. The van der Waals surface area contributed by atoms with Crippen molar-refractivity contribution in [3.63, 3.8) is 0 Å². The molecular formula is C20H20F5N7. The molecule has 0 unspecified atom stereocenters. The number of fused-ring (bicyclic) bond motifs is 1. The number of halogens is 5. The molecule has 2 aliphatic rings. The highest BCUT2D eigenvalue weighted by Gasteiger charge is 2.46. The van der Waals surface area contributed by atoms with E-state index in [-0.39, 0.29) is 5.41 Å². The monoisotopic (exact) mass is 453 g/mol. The molecule has 0 aromatic carbocycles. The van der Waals surface area contributed by atoms with Gasteiger partial charge < -0.3 is 9.80 Å². The van der Waals surface area contributed by atoms with Crippen LogP contribution in [0.25, 0.3) is 11.2 Å². The molecule has 0 radical (unpaired) electrons. The molecule has 0 saturated carbocycles. The van der Waals surface area contributed by atoms with Crippen LogP contribution in [0.4, 0.5) is 33.6 Å². The first-order valence-corrected chi connectivity index (χ1v) is 10.2. The third kappa shape index (κ3) is 3.82. The lowest BCUT2D eigenvalue weighted by Crippen LogP contribution is -2.63. The van der Waals surface area contributed by atoms with Crippen LogP contribution in [0.5, 0.6) is 0 Å². The molecule has 0 N–H and O–H groups in total. The van der Waals surface area contributed by atoms with E-state index in [9.17, 15) is 22.0 Å². The summed E-state index contributed by atoms with van der Waals surface area (Å²) in [6, 6.07) is 2.48. The Morgan fingerprint density at radius 2 is 1.75 bits per heavy atom. The van der Waals surface area contributed by atoms with Crippen LogP contribution in [-0.4, -0.2) is 57.3 Å². The summed E-state index contributed by atoms with van der Waals surface area (Å²) in [6.45, 7) is 2.28. The summed E-state index contributed by atoms with van der Waals surface area (Å²) in [5, 5.41) is 3.94. The molecule has 7 nitrogen and oxygen atoms in total. The molecule has 2 saturated heterocycles. The number of nitrogens with zero attached hydrogens (tertiary/aromatic N) is 7. The van der Waals surface area contributed by atoms with Gasteiger partial charge in [-0.15, -0.1) is 0 Å². The molecule has 32 heavy (non-hydrogen) atoms. The van der Waals surface area contributed by atoms with Crippen molar-refractivity contribution in [3.05, 3.63) is 36.3 Å². The summed E-state index contributed by atoms with van der Waals surface area (Å²) < 4.78 is 65.1. The smallest absolute Gasteiger partial charge is 0.356 e. The van der Waals surface area contributed by atoms with Gasteiger partial charge in [-0.25, -0.2) is 28.4 Å². The Balaban J connectivity index is 1.28. The van der Waals surface area contributed by atoms with Gasteiger partial charge in [0.15, 0.2) is 5.65 Å². The molecule has 2 fully saturated rings. The largest absolute Gasteiger partial charge is 0.417 e. The number of pyridine rings is 1. The number of anilines is 2. The highest BCUT2D eigenvalue weighted by Crippen LogP contribution is 2.42. The first kappa shape index (κ1) is 20.8. The first-order chi connectivity index (χ1) is 15.2. The normalized spacial score (nSPS) is 18.6. The van der Waals surface area contributed by atoms with Gasteiger partial charge in [0.1, 0.15) is 23.7 Å². The van der Waals surface area contributed by atoms with E-state index in [2.05, 4.69) is 20.1 Å². The van der Waals surface area contributed by atoms with Gasteiger partial charge in [0.25, 0.3) is 6.43 Å². The van der Waals surface area contributed by atoms with Crippen molar-refractivity contribution in [1.29, 1.82) is 0 Å². The molecule has 0 amide bonds. The lowest BCUT2D eigenvalue weighted by atomic mass is 9.73. The molecule has 3 aromatic rings. The van der Waals surface area contributed by atoms with Gasteiger partial charge in [0.2, 0.25) is 0 Å². The summed E-state index contributed by atoms with van der Waals surface area (Å²) in [6.07, 6.45) is -1.15. The number of alkyl halides is 5. The van der Waals surface area contributed by atoms with E-state index >= 15 is 0 Å². The number of hydrogen-bond acceptors (Lipinski definition) is 6. The van der Waals surface area contributed by atoms with E-state index in [1.54, 1.807) is 6.20 Å². The van der Waals surface area contributed by atoms with Gasteiger partial charge in [0, 0.05) is 37.8 Å². The van der Waals surface area contributed by atoms with E-state index in [0.29, 0.717) is 42.4 Å². The number of rotatable bonds is 4. The van der Waals surface area contributed by atoms with Gasteiger partial charge in [-0.3, -0.25) is 0 Å². The Morgan fingerprint density at radius 3 is 2.44 bits per heavy atom. The maximum absolute atomic E-state index is 12.8. The zero-order chi connectivity index (χ0) is 22.5. The van der Waals surface area contributed by atoms with Crippen LogP contribution in [0.1, 0.15) is 18.4 Å². The average molecular weight is 453 g/mol. The maximum Gasteiger partial charge on any atom is 0.417 e. The fourth-order valence-electron chi connectivity index (χ4n) is 4.58. The van der Waals surface area contributed by atoms with Crippen molar-refractivity contribution in [2.24, 2.45) is 5.41 Å². The number of hydrogen-bond donors (Lipinski definition) is 0. The molecule has 12 heteroatoms.